The molecule has 172 valence electrons. The number of piperazine rings is 1. The van der Waals surface area contributed by atoms with Gasteiger partial charge in [-0.05, 0) is 74.5 Å². The van der Waals surface area contributed by atoms with Crippen molar-refractivity contribution in [1.29, 1.82) is 0 Å². The van der Waals surface area contributed by atoms with Crippen molar-refractivity contribution in [3.8, 4) is 16.9 Å². The minimum Gasteiger partial charge on any atom is -0.365 e. The molecule has 0 radical (unpaired) electrons. The Kier molecular flexibility index (Phi) is 5.03. The fourth-order valence-corrected chi connectivity index (χ4v) is 5.12. The lowest BCUT2D eigenvalue weighted by Gasteiger charge is -2.34. The predicted octanol–water partition coefficient (Wildman–Crippen LogP) is 4.41. The molecule has 7 nitrogen and oxygen atoms in total. The van der Waals surface area contributed by atoms with E-state index in [0.29, 0.717) is 18.0 Å². The number of nitrogens with zero attached hydrogens (tertiary/aromatic N) is 6. The molecule has 2 aliphatic heterocycles. The summed E-state index contributed by atoms with van der Waals surface area (Å²) in [4.78, 5) is 14.1. The molecule has 2 atom stereocenters. The summed E-state index contributed by atoms with van der Waals surface area (Å²) in [7, 11) is 2.23. The molecule has 2 aromatic carbocycles. The minimum absolute atomic E-state index is 0.272. The van der Waals surface area contributed by atoms with E-state index < -0.39 is 0 Å². The van der Waals surface area contributed by atoms with Crippen LogP contribution in [0.1, 0.15) is 12.0 Å². The van der Waals surface area contributed by atoms with Crippen LogP contribution in [-0.2, 0) is 0 Å². The third kappa shape index (κ3) is 3.80. The quantitative estimate of drug-likeness (QED) is 0.481. The van der Waals surface area contributed by atoms with Crippen LogP contribution in [0.4, 0.5) is 21.7 Å². The monoisotopic (exact) mass is 455 g/mol. The first-order chi connectivity index (χ1) is 16.5. The first kappa shape index (κ1) is 20.8. The van der Waals surface area contributed by atoms with Crippen LogP contribution in [0.3, 0.4) is 0 Å². The Labute approximate surface area is 197 Å². The third-order valence-corrected chi connectivity index (χ3v) is 6.90. The zero-order chi connectivity index (χ0) is 23.2. The molecule has 0 amide bonds. The number of likely N-dealkylation sites (tertiary alicyclic amines) is 1. The highest BCUT2D eigenvalue weighted by atomic mass is 19.1. The lowest BCUT2D eigenvalue weighted by Crippen LogP contribution is -2.44. The van der Waals surface area contributed by atoms with Crippen molar-refractivity contribution >= 4 is 17.3 Å². The van der Waals surface area contributed by atoms with Crippen molar-refractivity contribution in [3.05, 3.63) is 78.5 Å². The number of hydrogen-bond acceptors (Lipinski definition) is 6. The molecule has 0 saturated carbocycles. The molecule has 0 aliphatic carbocycles. The van der Waals surface area contributed by atoms with Crippen LogP contribution in [0.25, 0.3) is 16.9 Å². The number of nitrogens with one attached hydrogen (secondary N) is 1. The van der Waals surface area contributed by atoms with Crippen LogP contribution in [0.5, 0.6) is 0 Å². The van der Waals surface area contributed by atoms with Gasteiger partial charge in [0.05, 0.1) is 17.6 Å². The molecule has 4 heterocycles. The van der Waals surface area contributed by atoms with Gasteiger partial charge in [0, 0.05) is 54.5 Å². The Bertz CT molecular complexity index is 1330. The molecule has 2 aliphatic rings. The fraction of sp³-hybridized carbons (Fsp3) is 0.269. The standard InChI is InChI=1S/C26H26FN7/c1-17-11-20(5-8-25(17)33-16-22-12-23(33)15-32(22)2)30-26-28-10-9-24(31-26)18-13-29-34(14-18)21-6-3-19(27)4-7-21/h3-11,13-14,22-23H,12,15-16H2,1-2H3,(H,28,30,31)/t22-,23+/m1/s1. The lowest BCUT2D eigenvalue weighted by atomic mass is 10.1. The van der Waals surface area contributed by atoms with Gasteiger partial charge in [0.25, 0.3) is 0 Å². The molecule has 2 fully saturated rings. The number of anilines is 3. The first-order valence-corrected chi connectivity index (χ1v) is 11.5. The summed E-state index contributed by atoms with van der Waals surface area (Å²) in [5, 5.41) is 7.73. The maximum absolute atomic E-state index is 13.2. The van der Waals surface area contributed by atoms with Gasteiger partial charge in [-0.3, -0.25) is 4.90 Å². The third-order valence-electron chi connectivity index (χ3n) is 6.90. The fourth-order valence-electron chi connectivity index (χ4n) is 5.12. The van der Waals surface area contributed by atoms with Crippen LogP contribution in [-0.4, -0.2) is 56.9 Å². The molecule has 2 aromatic heterocycles. The summed E-state index contributed by atoms with van der Waals surface area (Å²) in [6.07, 6.45) is 6.61. The van der Waals surface area contributed by atoms with Crippen molar-refractivity contribution in [1.82, 2.24) is 24.6 Å². The van der Waals surface area contributed by atoms with E-state index in [-0.39, 0.29) is 5.82 Å². The van der Waals surface area contributed by atoms with E-state index in [1.807, 2.05) is 12.3 Å². The molecule has 8 heteroatoms. The van der Waals surface area contributed by atoms with E-state index in [9.17, 15) is 4.39 Å². The highest BCUT2D eigenvalue weighted by molar-refractivity contribution is 5.66. The topological polar surface area (TPSA) is 62.1 Å². The Hall–Kier alpha value is -3.78. The Morgan fingerprint density at radius 3 is 2.62 bits per heavy atom. The van der Waals surface area contributed by atoms with Crippen molar-refractivity contribution in [3.63, 3.8) is 0 Å². The second kappa shape index (κ2) is 8.22. The summed E-state index contributed by atoms with van der Waals surface area (Å²) < 4.78 is 14.9. The molecular formula is C26H26FN7. The van der Waals surface area contributed by atoms with E-state index in [4.69, 9.17) is 0 Å². The smallest absolute Gasteiger partial charge is 0.227 e. The zero-order valence-corrected chi connectivity index (χ0v) is 19.2. The minimum atomic E-state index is -0.272. The van der Waals surface area contributed by atoms with Crippen LogP contribution >= 0.6 is 0 Å². The number of aryl methyl sites for hydroxylation is 1. The molecule has 2 saturated heterocycles. The molecule has 6 rings (SSSR count). The highest BCUT2D eigenvalue weighted by Crippen LogP contribution is 2.36. The van der Waals surface area contributed by atoms with E-state index in [2.05, 4.69) is 62.4 Å². The van der Waals surface area contributed by atoms with Gasteiger partial charge >= 0.3 is 0 Å². The van der Waals surface area contributed by atoms with Gasteiger partial charge < -0.3 is 10.2 Å². The van der Waals surface area contributed by atoms with Crippen molar-refractivity contribution in [2.75, 3.05) is 30.4 Å². The number of hydrogen-bond donors (Lipinski definition) is 1. The summed E-state index contributed by atoms with van der Waals surface area (Å²) in [5.74, 6) is 0.257. The molecule has 2 bridgehead atoms. The maximum atomic E-state index is 13.2. The largest absolute Gasteiger partial charge is 0.365 e. The molecule has 4 aromatic rings. The first-order valence-electron chi connectivity index (χ1n) is 11.5. The number of fused-ring (bicyclic) bond motifs is 2. The van der Waals surface area contributed by atoms with Crippen LogP contribution in [0.2, 0.25) is 0 Å². The Morgan fingerprint density at radius 2 is 1.88 bits per heavy atom. The van der Waals surface area contributed by atoms with E-state index in [0.717, 1.165) is 35.7 Å². The second-order valence-corrected chi connectivity index (χ2v) is 9.18. The van der Waals surface area contributed by atoms with E-state index in [1.165, 1.54) is 29.8 Å². The van der Waals surface area contributed by atoms with Gasteiger partial charge in [0.15, 0.2) is 0 Å². The van der Waals surface area contributed by atoms with Gasteiger partial charge in [-0.25, -0.2) is 19.0 Å². The number of rotatable bonds is 5. The van der Waals surface area contributed by atoms with Gasteiger partial charge in [-0.2, -0.15) is 5.10 Å². The lowest BCUT2D eigenvalue weighted by molar-refractivity contribution is 0.292. The maximum Gasteiger partial charge on any atom is 0.227 e. The van der Waals surface area contributed by atoms with Crippen LogP contribution in [0, 0.1) is 12.7 Å². The highest BCUT2D eigenvalue weighted by Gasteiger charge is 2.41. The normalized spacial score (nSPS) is 19.7. The van der Waals surface area contributed by atoms with Gasteiger partial charge in [0.1, 0.15) is 5.82 Å². The number of halogens is 1. The van der Waals surface area contributed by atoms with Gasteiger partial charge in [0.2, 0.25) is 5.95 Å². The Balaban J connectivity index is 1.19. The van der Waals surface area contributed by atoms with Gasteiger partial charge in [-0.1, -0.05) is 0 Å². The Morgan fingerprint density at radius 1 is 1.03 bits per heavy atom. The van der Waals surface area contributed by atoms with E-state index >= 15 is 0 Å². The van der Waals surface area contributed by atoms with Crippen molar-refractivity contribution in [2.24, 2.45) is 0 Å². The summed E-state index contributed by atoms with van der Waals surface area (Å²) in [5.41, 5.74) is 5.92. The summed E-state index contributed by atoms with van der Waals surface area (Å²) in [6.45, 7) is 4.41. The molecule has 1 N–H and O–H groups in total. The predicted molar refractivity (Wildman–Crippen MR) is 131 cm³/mol. The SMILES string of the molecule is Cc1cc(Nc2nccc(-c3cnn(-c4ccc(F)cc4)c3)n2)ccc1N1C[C@H]2C[C@H]1CN2C. The molecule has 0 spiro atoms. The van der Waals surface area contributed by atoms with E-state index in [1.54, 1.807) is 29.2 Å². The van der Waals surface area contributed by atoms with Crippen molar-refractivity contribution < 1.29 is 4.39 Å². The second-order valence-electron chi connectivity index (χ2n) is 9.18. The van der Waals surface area contributed by atoms with Crippen LogP contribution in [0.15, 0.2) is 67.1 Å². The van der Waals surface area contributed by atoms with Gasteiger partial charge in [-0.15, -0.1) is 0 Å². The average molecular weight is 456 g/mol. The molecule has 34 heavy (non-hydrogen) atoms. The summed E-state index contributed by atoms with van der Waals surface area (Å²) in [6, 6.07) is 15.8. The number of likely N-dealkylation sites (N-methyl/N-ethyl adjacent to an activating group) is 1. The molecular weight excluding hydrogens is 429 g/mol. The van der Waals surface area contributed by atoms with Crippen LogP contribution < -0.4 is 10.2 Å². The number of aromatic nitrogens is 4. The van der Waals surface area contributed by atoms with Crippen molar-refractivity contribution in [2.45, 2.75) is 25.4 Å². The summed E-state index contributed by atoms with van der Waals surface area (Å²) >= 11 is 0. The molecule has 0 unspecified atom stereocenters. The number of benzene rings is 2. The average Bonchev–Trinajstić information content (AvgIpc) is 3.56. The zero-order valence-electron chi connectivity index (χ0n) is 19.2.